The Balaban J connectivity index is 1.52. The van der Waals surface area contributed by atoms with Gasteiger partial charge in [-0.25, -0.2) is 0 Å². The van der Waals surface area contributed by atoms with Gasteiger partial charge in [-0.05, 0) is 30.4 Å². The number of hydrogen-bond donors (Lipinski definition) is 1. The fourth-order valence-corrected chi connectivity index (χ4v) is 4.31. The fourth-order valence-electron chi connectivity index (χ4n) is 4.31. The first-order valence-electron chi connectivity index (χ1n) is 10.9. The van der Waals surface area contributed by atoms with Crippen molar-refractivity contribution in [2.24, 2.45) is 5.92 Å². The molecule has 3 aromatic carbocycles. The molecule has 4 rings (SSSR count). The summed E-state index contributed by atoms with van der Waals surface area (Å²) in [4.78, 5) is 28.2. The minimum atomic E-state index is -0.301. The molecule has 0 spiro atoms. The zero-order valence-electron chi connectivity index (χ0n) is 19.1. The topological polar surface area (TPSA) is 77.1 Å². The first-order valence-corrected chi connectivity index (χ1v) is 10.9. The van der Waals surface area contributed by atoms with E-state index in [4.69, 9.17) is 14.2 Å². The third kappa shape index (κ3) is 4.72. The molecule has 1 aliphatic heterocycles. The van der Waals surface area contributed by atoms with Crippen LogP contribution in [-0.4, -0.2) is 51.1 Å². The maximum atomic E-state index is 13.4. The molecule has 0 saturated carbocycles. The molecule has 0 bridgehead atoms. The van der Waals surface area contributed by atoms with Gasteiger partial charge in [-0.15, -0.1) is 0 Å². The largest absolute Gasteiger partial charge is 0.497 e. The van der Waals surface area contributed by atoms with Crippen molar-refractivity contribution in [1.29, 1.82) is 0 Å². The summed E-state index contributed by atoms with van der Waals surface area (Å²) in [6, 6.07) is 16.6. The molecule has 2 amide bonds. The highest BCUT2D eigenvalue weighted by molar-refractivity contribution is 6.08. The molecule has 0 radical (unpaired) electrons. The van der Waals surface area contributed by atoms with Gasteiger partial charge in [0.2, 0.25) is 5.91 Å². The molecule has 172 valence electrons. The first kappa shape index (κ1) is 22.5. The van der Waals surface area contributed by atoms with E-state index in [1.54, 1.807) is 50.5 Å². The van der Waals surface area contributed by atoms with Gasteiger partial charge in [0.05, 0.1) is 27.2 Å². The first-order chi connectivity index (χ1) is 16.0. The van der Waals surface area contributed by atoms with Crippen molar-refractivity contribution in [1.82, 2.24) is 4.90 Å². The number of carbonyl (C=O) groups excluding carboxylic acids is 2. The van der Waals surface area contributed by atoms with Crippen LogP contribution in [-0.2, 0) is 4.79 Å². The smallest absolute Gasteiger partial charge is 0.254 e. The number of rotatable bonds is 6. The third-order valence-corrected chi connectivity index (χ3v) is 6.03. The minimum absolute atomic E-state index is 0.0746. The van der Waals surface area contributed by atoms with Crippen molar-refractivity contribution in [2.45, 2.75) is 12.8 Å². The molecule has 1 N–H and O–H groups in total. The Kier molecular flexibility index (Phi) is 6.68. The maximum absolute atomic E-state index is 13.4. The molecule has 1 atom stereocenters. The van der Waals surface area contributed by atoms with E-state index in [2.05, 4.69) is 5.32 Å². The quantitative estimate of drug-likeness (QED) is 0.607. The van der Waals surface area contributed by atoms with Crippen molar-refractivity contribution in [3.63, 3.8) is 0 Å². The number of ether oxygens (including phenoxy) is 3. The number of piperidine rings is 1. The lowest BCUT2D eigenvalue weighted by Gasteiger charge is -2.32. The van der Waals surface area contributed by atoms with Crippen LogP contribution in [0.25, 0.3) is 10.8 Å². The molecule has 0 aromatic heterocycles. The average molecular weight is 449 g/mol. The highest BCUT2D eigenvalue weighted by atomic mass is 16.5. The van der Waals surface area contributed by atoms with E-state index in [0.717, 1.165) is 29.4 Å². The Bertz CT molecular complexity index is 1150. The zero-order valence-corrected chi connectivity index (χ0v) is 19.1. The van der Waals surface area contributed by atoms with Gasteiger partial charge in [0.15, 0.2) is 0 Å². The van der Waals surface area contributed by atoms with Gasteiger partial charge in [-0.2, -0.15) is 0 Å². The van der Waals surface area contributed by atoms with E-state index in [9.17, 15) is 9.59 Å². The highest BCUT2D eigenvalue weighted by Gasteiger charge is 2.30. The van der Waals surface area contributed by atoms with Gasteiger partial charge >= 0.3 is 0 Å². The molecule has 7 heteroatoms. The van der Waals surface area contributed by atoms with Crippen LogP contribution in [0.4, 0.5) is 5.69 Å². The van der Waals surface area contributed by atoms with Crippen LogP contribution in [0.15, 0.2) is 54.6 Å². The lowest BCUT2D eigenvalue weighted by atomic mass is 9.95. The number of likely N-dealkylation sites (tertiary alicyclic amines) is 1. The number of hydrogen-bond acceptors (Lipinski definition) is 5. The van der Waals surface area contributed by atoms with Gasteiger partial charge in [0.25, 0.3) is 5.91 Å². The lowest BCUT2D eigenvalue weighted by Crippen LogP contribution is -2.43. The number of carbonyl (C=O) groups is 2. The summed E-state index contributed by atoms with van der Waals surface area (Å²) in [6.07, 6.45) is 1.49. The summed E-state index contributed by atoms with van der Waals surface area (Å²) in [5, 5.41) is 4.69. The fraction of sp³-hybridized carbons (Fsp3) is 0.308. The molecule has 1 saturated heterocycles. The molecule has 0 aliphatic carbocycles. The van der Waals surface area contributed by atoms with Gasteiger partial charge in [-0.1, -0.05) is 24.3 Å². The summed E-state index contributed by atoms with van der Waals surface area (Å²) in [7, 11) is 4.75. The van der Waals surface area contributed by atoms with Gasteiger partial charge in [-0.3, -0.25) is 9.59 Å². The summed E-state index contributed by atoms with van der Waals surface area (Å²) in [5.41, 5.74) is 1.21. The molecular weight excluding hydrogens is 420 g/mol. The third-order valence-electron chi connectivity index (χ3n) is 6.03. The molecule has 3 aromatic rings. The van der Waals surface area contributed by atoms with E-state index in [1.807, 2.05) is 30.3 Å². The van der Waals surface area contributed by atoms with E-state index < -0.39 is 0 Å². The van der Waals surface area contributed by atoms with E-state index in [1.165, 1.54) is 0 Å². The summed E-state index contributed by atoms with van der Waals surface area (Å²) >= 11 is 0. The van der Waals surface area contributed by atoms with Crippen LogP contribution < -0.4 is 19.5 Å². The Hall–Kier alpha value is -3.74. The van der Waals surface area contributed by atoms with Crippen LogP contribution in [0.5, 0.6) is 17.2 Å². The highest BCUT2D eigenvalue weighted by Crippen LogP contribution is 2.31. The Labute approximate surface area is 193 Å². The van der Waals surface area contributed by atoms with Crippen LogP contribution >= 0.6 is 0 Å². The number of anilines is 1. The molecule has 33 heavy (non-hydrogen) atoms. The van der Waals surface area contributed by atoms with Crippen LogP contribution in [0.3, 0.4) is 0 Å². The minimum Gasteiger partial charge on any atom is -0.497 e. The van der Waals surface area contributed by atoms with Gasteiger partial charge in [0, 0.05) is 47.9 Å². The summed E-state index contributed by atoms with van der Waals surface area (Å²) in [6.45, 7) is 0.988. The van der Waals surface area contributed by atoms with Crippen molar-refractivity contribution >= 4 is 28.3 Å². The lowest BCUT2D eigenvalue weighted by molar-refractivity contribution is -0.121. The monoisotopic (exact) mass is 448 g/mol. The van der Waals surface area contributed by atoms with Crippen molar-refractivity contribution in [2.75, 3.05) is 39.7 Å². The van der Waals surface area contributed by atoms with Crippen molar-refractivity contribution in [3.8, 4) is 17.2 Å². The Morgan fingerprint density at radius 3 is 2.27 bits per heavy atom. The summed E-state index contributed by atoms with van der Waals surface area (Å²) < 4.78 is 16.0. The van der Waals surface area contributed by atoms with Gasteiger partial charge in [0.1, 0.15) is 17.2 Å². The number of amides is 2. The molecule has 1 unspecified atom stereocenters. The van der Waals surface area contributed by atoms with Crippen LogP contribution in [0, 0.1) is 5.92 Å². The number of nitrogens with one attached hydrogen (secondary N) is 1. The Morgan fingerprint density at radius 2 is 1.61 bits per heavy atom. The second kappa shape index (κ2) is 9.81. The van der Waals surface area contributed by atoms with Crippen LogP contribution in [0.2, 0.25) is 0 Å². The second-order valence-corrected chi connectivity index (χ2v) is 8.04. The average Bonchev–Trinajstić information content (AvgIpc) is 2.87. The SMILES string of the molecule is COc1cc(NC(=O)C2CCCN(C(=O)c3ccc(OC)c4ccccc34)C2)cc(OC)c1. The zero-order chi connectivity index (χ0) is 23.4. The second-order valence-electron chi connectivity index (χ2n) is 8.04. The van der Waals surface area contributed by atoms with E-state index in [-0.39, 0.29) is 17.7 Å². The maximum Gasteiger partial charge on any atom is 0.254 e. The number of fused-ring (bicyclic) bond motifs is 1. The molecule has 1 heterocycles. The number of benzene rings is 3. The van der Waals surface area contributed by atoms with Crippen molar-refractivity contribution in [3.05, 3.63) is 60.2 Å². The van der Waals surface area contributed by atoms with Crippen molar-refractivity contribution < 1.29 is 23.8 Å². The molecule has 1 fully saturated rings. The molecule has 1 aliphatic rings. The normalized spacial score (nSPS) is 15.7. The van der Waals surface area contributed by atoms with E-state index >= 15 is 0 Å². The number of nitrogens with zero attached hydrogens (tertiary/aromatic N) is 1. The summed E-state index contributed by atoms with van der Waals surface area (Å²) in [5.74, 6) is 1.42. The van der Waals surface area contributed by atoms with E-state index in [0.29, 0.717) is 35.8 Å². The Morgan fingerprint density at radius 1 is 0.909 bits per heavy atom. The number of methoxy groups -OCH3 is 3. The molecule has 7 nitrogen and oxygen atoms in total. The van der Waals surface area contributed by atoms with Crippen LogP contribution in [0.1, 0.15) is 23.2 Å². The molecular formula is C26H28N2O5. The standard InChI is InChI=1S/C26H28N2O5/c1-31-19-13-18(14-20(15-19)32-2)27-25(29)17-7-6-12-28(16-17)26(30)23-10-11-24(33-3)22-9-5-4-8-21(22)23/h4-5,8-11,13-15,17H,6-7,12,16H2,1-3H3,(H,27,29). The van der Waals surface area contributed by atoms with Gasteiger partial charge < -0.3 is 24.4 Å². The predicted molar refractivity (Wildman–Crippen MR) is 127 cm³/mol. The predicted octanol–water partition coefficient (Wildman–Crippen LogP) is 4.36.